The van der Waals surface area contributed by atoms with Crippen LogP contribution in [0.25, 0.3) is 6.08 Å². The Balaban J connectivity index is 2.38. The average molecular weight is 164 g/mol. The van der Waals surface area contributed by atoms with E-state index in [4.69, 9.17) is 9.15 Å². The lowest BCUT2D eigenvalue weighted by atomic mass is 9.93. The third-order valence-electron chi connectivity index (χ3n) is 2.37. The molecule has 2 atom stereocenters. The molecule has 12 heavy (non-hydrogen) atoms. The molecular weight excluding hydrogens is 152 g/mol. The van der Waals surface area contributed by atoms with Crippen LogP contribution in [0.5, 0.6) is 0 Å². The number of methoxy groups -OCH3 is 1. The molecule has 0 amide bonds. The van der Waals surface area contributed by atoms with Crippen LogP contribution in [0, 0.1) is 0 Å². The molecule has 1 aromatic rings. The van der Waals surface area contributed by atoms with Crippen molar-refractivity contribution in [3.05, 3.63) is 29.7 Å². The van der Waals surface area contributed by atoms with Crippen molar-refractivity contribution in [2.75, 3.05) is 7.11 Å². The fourth-order valence-electron chi connectivity index (χ4n) is 1.64. The number of fused-ring (bicyclic) bond motifs is 1. The molecule has 0 spiro atoms. The summed E-state index contributed by atoms with van der Waals surface area (Å²) in [6.07, 6.45) is 6.00. The number of hydrogen-bond donors (Lipinski definition) is 0. The molecule has 2 heteroatoms. The van der Waals surface area contributed by atoms with Crippen LogP contribution in [-0.4, -0.2) is 13.2 Å². The lowest BCUT2D eigenvalue weighted by Crippen LogP contribution is -2.18. The summed E-state index contributed by atoms with van der Waals surface area (Å²) in [7, 11) is 1.72. The maximum Gasteiger partial charge on any atom is 0.116 e. The van der Waals surface area contributed by atoms with Crippen molar-refractivity contribution in [3.63, 3.8) is 0 Å². The summed E-state index contributed by atoms with van der Waals surface area (Å²) in [5.74, 6) is 1.36. The zero-order chi connectivity index (χ0) is 8.55. The molecule has 0 saturated carbocycles. The summed E-state index contributed by atoms with van der Waals surface area (Å²) in [4.78, 5) is 0. The van der Waals surface area contributed by atoms with Gasteiger partial charge in [-0.25, -0.2) is 0 Å². The molecule has 0 bridgehead atoms. The zero-order valence-electron chi connectivity index (χ0n) is 7.28. The van der Waals surface area contributed by atoms with E-state index in [0.29, 0.717) is 5.92 Å². The summed E-state index contributed by atoms with van der Waals surface area (Å²) >= 11 is 0. The highest BCUT2D eigenvalue weighted by Gasteiger charge is 2.24. The molecular formula is C10H12O2. The molecule has 0 fully saturated rings. The Morgan fingerprint density at radius 3 is 3.08 bits per heavy atom. The minimum absolute atomic E-state index is 0.156. The van der Waals surface area contributed by atoms with E-state index in [1.54, 1.807) is 13.4 Å². The lowest BCUT2D eigenvalue weighted by molar-refractivity contribution is 0.114. The smallest absolute Gasteiger partial charge is 0.116 e. The molecule has 0 radical (unpaired) electrons. The first-order valence-corrected chi connectivity index (χ1v) is 4.11. The Labute approximate surface area is 71.8 Å². The van der Waals surface area contributed by atoms with Crippen molar-refractivity contribution >= 4 is 6.08 Å². The van der Waals surface area contributed by atoms with Gasteiger partial charge < -0.3 is 9.15 Å². The van der Waals surface area contributed by atoms with Gasteiger partial charge in [0.05, 0.1) is 12.4 Å². The van der Waals surface area contributed by atoms with Gasteiger partial charge in [-0.2, -0.15) is 0 Å². The van der Waals surface area contributed by atoms with Crippen LogP contribution in [0.2, 0.25) is 0 Å². The second kappa shape index (κ2) is 2.79. The molecule has 2 rings (SSSR count). The van der Waals surface area contributed by atoms with Crippen LogP contribution in [0.3, 0.4) is 0 Å². The summed E-state index contributed by atoms with van der Waals surface area (Å²) < 4.78 is 10.7. The largest absolute Gasteiger partial charge is 0.468 e. The fourth-order valence-corrected chi connectivity index (χ4v) is 1.64. The van der Waals surface area contributed by atoms with Crippen LogP contribution in [-0.2, 0) is 4.74 Å². The van der Waals surface area contributed by atoms with Gasteiger partial charge in [0.15, 0.2) is 0 Å². The van der Waals surface area contributed by atoms with Crippen molar-refractivity contribution in [2.24, 2.45) is 0 Å². The molecule has 2 nitrogen and oxygen atoms in total. The Hall–Kier alpha value is -1.02. The van der Waals surface area contributed by atoms with Crippen molar-refractivity contribution in [3.8, 4) is 0 Å². The maximum atomic E-state index is 5.37. The Bertz CT molecular complexity index is 299. The fraction of sp³-hybridized carbons (Fsp3) is 0.400. The molecule has 2 unspecified atom stereocenters. The monoisotopic (exact) mass is 164 g/mol. The molecule has 1 aliphatic rings. The first kappa shape index (κ1) is 7.62. The van der Waals surface area contributed by atoms with Crippen molar-refractivity contribution in [1.29, 1.82) is 0 Å². The van der Waals surface area contributed by atoms with Gasteiger partial charge in [0.2, 0.25) is 0 Å². The van der Waals surface area contributed by atoms with Crippen LogP contribution < -0.4 is 0 Å². The molecule has 0 aromatic carbocycles. The lowest BCUT2D eigenvalue weighted by Gasteiger charge is -2.21. The predicted molar refractivity (Wildman–Crippen MR) is 47.0 cm³/mol. The molecule has 1 aliphatic carbocycles. The quantitative estimate of drug-likeness (QED) is 0.636. The van der Waals surface area contributed by atoms with E-state index in [-0.39, 0.29) is 6.10 Å². The highest BCUT2D eigenvalue weighted by molar-refractivity contribution is 5.55. The van der Waals surface area contributed by atoms with Gasteiger partial charge in [-0.15, -0.1) is 0 Å². The molecule has 64 valence electrons. The van der Waals surface area contributed by atoms with Crippen molar-refractivity contribution in [2.45, 2.75) is 18.9 Å². The molecule has 1 aromatic heterocycles. The van der Waals surface area contributed by atoms with Crippen LogP contribution in [0.1, 0.15) is 24.2 Å². The number of ether oxygens (including phenoxy) is 1. The highest BCUT2D eigenvalue weighted by Crippen LogP contribution is 2.31. The number of rotatable bonds is 1. The maximum absolute atomic E-state index is 5.37. The molecule has 0 aliphatic heterocycles. The summed E-state index contributed by atoms with van der Waals surface area (Å²) in [5, 5.41) is 0. The van der Waals surface area contributed by atoms with Crippen LogP contribution in [0.4, 0.5) is 0 Å². The van der Waals surface area contributed by atoms with Crippen molar-refractivity contribution in [1.82, 2.24) is 0 Å². The molecule has 0 N–H and O–H groups in total. The van der Waals surface area contributed by atoms with E-state index in [1.165, 1.54) is 5.56 Å². The Morgan fingerprint density at radius 2 is 2.33 bits per heavy atom. The van der Waals surface area contributed by atoms with Gasteiger partial charge in [-0.1, -0.05) is 19.1 Å². The topological polar surface area (TPSA) is 22.4 Å². The van der Waals surface area contributed by atoms with E-state index in [1.807, 2.05) is 12.1 Å². The minimum atomic E-state index is 0.156. The standard InChI is InChI=1S/C10H12O2/c1-7-9(11-2)4-3-8-5-6-12-10(7)8/h3-7,9H,1-2H3. The molecule has 1 heterocycles. The van der Waals surface area contributed by atoms with E-state index in [2.05, 4.69) is 13.0 Å². The van der Waals surface area contributed by atoms with Gasteiger partial charge in [-0.3, -0.25) is 0 Å². The third-order valence-corrected chi connectivity index (χ3v) is 2.37. The number of furan rings is 1. The summed E-state index contributed by atoms with van der Waals surface area (Å²) in [5.41, 5.74) is 1.18. The first-order valence-electron chi connectivity index (χ1n) is 4.11. The van der Waals surface area contributed by atoms with Gasteiger partial charge in [0.25, 0.3) is 0 Å². The van der Waals surface area contributed by atoms with E-state index in [0.717, 1.165) is 5.76 Å². The third kappa shape index (κ3) is 0.994. The first-order chi connectivity index (χ1) is 5.83. The predicted octanol–water partition coefficient (Wildman–Crippen LogP) is 2.42. The minimum Gasteiger partial charge on any atom is -0.468 e. The normalized spacial score (nSPS) is 27.2. The SMILES string of the molecule is COC1C=Cc2ccoc2C1C. The second-order valence-corrected chi connectivity index (χ2v) is 3.09. The molecule has 0 saturated heterocycles. The van der Waals surface area contributed by atoms with Crippen LogP contribution >= 0.6 is 0 Å². The summed E-state index contributed by atoms with van der Waals surface area (Å²) in [6, 6.07) is 1.98. The van der Waals surface area contributed by atoms with Crippen LogP contribution in [0.15, 0.2) is 22.8 Å². The Morgan fingerprint density at radius 1 is 1.50 bits per heavy atom. The van der Waals surface area contributed by atoms with Gasteiger partial charge in [0, 0.05) is 18.6 Å². The van der Waals surface area contributed by atoms with Gasteiger partial charge in [-0.05, 0) is 6.07 Å². The van der Waals surface area contributed by atoms with E-state index in [9.17, 15) is 0 Å². The van der Waals surface area contributed by atoms with E-state index < -0.39 is 0 Å². The highest BCUT2D eigenvalue weighted by atomic mass is 16.5. The van der Waals surface area contributed by atoms with Gasteiger partial charge >= 0.3 is 0 Å². The van der Waals surface area contributed by atoms with E-state index >= 15 is 0 Å². The second-order valence-electron chi connectivity index (χ2n) is 3.09. The zero-order valence-corrected chi connectivity index (χ0v) is 7.28. The van der Waals surface area contributed by atoms with Gasteiger partial charge in [0.1, 0.15) is 5.76 Å². The number of hydrogen-bond acceptors (Lipinski definition) is 2. The Kier molecular flexibility index (Phi) is 1.77. The average Bonchev–Trinajstić information content (AvgIpc) is 2.53. The summed E-state index contributed by atoms with van der Waals surface area (Å²) in [6.45, 7) is 2.11. The van der Waals surface area contributed by atoms with Crippen molar-refractivity contribution < 1.29 is 9.15 Å².